The van der Waals surface area contributed by atoms with Crippen LogP contribution in [0.1, 0.15) is 36.8 Å². The van der Waals surface area contributed by atoms with Crippen LogP contribution >= 0.6 is 0 Å². The highest BCUT2D eigenvalue weighted by atomic mass is 16.2. The fourth-order valence-corrected chi connectivity index (χ4v) is 2.22. The number of hydrogen-bond acceptors (Lipinski definition) is 3. The van der Waals surface area contributed by atoms with Gasteiger partial charge in [-0.15, -0.1) is 0 Å². The minimum absolute atomic E-state index is 0.00370. The Hall–Kier alpha value is -2.37. The van der Waals surface area contributed by atoms with Crippen molar-refractivity contribution in [3.05, 3.63) is 29.5 Å². The fraction of sp³-hybridized carbons (Fsp3) is 0.438. The Morgan fingerprint density at radius 1 is 1.32 bits per heavy atom. The van der Waals surface area contributed by atoms with Crippen molar-refractivity contribution in [1.82, 2.24) is 20.4 Å². The number of rotatable bonds is 3. The molecule has 0 aliphatic heterocycles. The molecule has 0 fully saturated rings. The molecule has 2 rings (SSSR count). The molecule has 0 saturated carbocycles. The van der Waals surface area contributed by atoms with Gasteiger partial charge in [0, 0.05) is 18.0 Å². The lowest BCUT2D eigenvalue weighted by Crippen LogP contribution is -2.46. The quantitative estimate of drug-likeness (QED) is 0.908. The lowest BCUT2D eigenvalue weighted by Gasteiger charge is -2.23. The molecule has 0 aliphatic carbocycles. The van der Waals surface area contributed by atoms with Crippen LogP contribution in [0.15, 0.2) is 18.2 Å². The van der Waals surface area contributed by atoms with Crippen molar-refractivity contribution in [2.75, 3.05) is 13.6 Å². The van der Waals surface area contributed by atoms with E-state index in [0.717, 1.165) is 16.5 Å². The summed E-state index contributed by atoms with van der Waals surface area (Å²) in [5, 5.41) is 10.5. The van der Waals surface area contributed by atoms with Crippen LogP contribution in [0.25, 0.3) is 10.9 Å². The third-order valence-electron chi connectivity index (χ3n) is 3.16. The third kappa shape index (κ3) is 3.63. The van der Waals surface area contributed by atoms with Gasteiger partial charge in [-0.2, -0.15) is 5.10 Å². The van der Waals surface area contributed by atoms with E-state index in [0.29, 0.717) is 5.69 Å². The van der Waals surface area contributed by atoms with Crippen LogP contribution < -0.4 is 5.32 Å². The number of carbonyl (C=O) groups excluding carboxylic acids is 2. The number of carbonyl (C=O) groups is 2. The van der Waals surface area contributed by atoms with E-state index in [2.05, 4.69) is 15.5 Å². The molecule has 22 heavy (non-hydrogen) atoms. The molecule has 0 unspecified atom stereocenters. The lowest BCUT2D eigenvalue weighted by molar-refractivity contribution is -0.122. The van der Waals surface area contributed by atoms with Crippen LogP contribution in [-0.2, 0) is 4.79 Å². The number of aromatic amines is 1. The molecule has 2 amide bonds. The number of aryl methyl sites for hydroxylation is 1. The summed E-state index contributed by atoms with van der Waals surface area (Å²) in [6, 6.07) is 5.76. The number of aromatic nitrogens is 2. The maximum absolute atomic E-state index is 12.5. The second-order valence-corrected chi connectivity index (χ2v) is 6.58. The molecule has 0 bridgehead atoms. The van der Waals surface area contributed by atoms with E-state index in [1.165, 1.54) is 4.90 Å². The number of nitrogens with zero attached hydrogens (tertiary/aromatic N) is 2. The second-order valence-electron chi connectivity index (χ2n) is 6.58. The number of amides is 2. The molecule has 118 valence electrons. The Morgan fingerprint density at radius 3 is 2.64 bits per heavy atom. The largest absolute Gasteiger partial charge is 0.350 e. The van der Waals surface area contributed by atoms with Crippen molar-refractivity contribution >= 4 is 22.7 Å². The van der Waals surface area contributed by atoms with E-state index in [1.807, 2.05) is 45.9 Å². The van der Waals surface area contributed by atoms with Gasteiger partial charge in [-0.3, -0.25) is 14.7 Å². The maximum atomic E-state index is 12.5. The Labute approximate surface area is 129 Å². The highest BCUT2D eigenvalue weighted by Gasteiger charge is 2.22. The highest BCUT2D eigenvalue weighted by Crippen LogP contribution is 2.18. The smallest absolute Gasteiger partial charge is 0.275 e. The Kier molecular flexibility index (Phi) is 4.21. The van der Waals surface area contributed by atoms with Crippen molar-refractivity contribution in [3.8, 4) is 0 Å². The predicted molar refractivity (Wildman–Crippen MR) is 85.7 cm³/mol. The first kappa shape index (κ1) is 16.0. The summed E-state index contributed by atoms with van der Waals surface area (Å²) in [7, 11) is 1.60. The monoisotopic (exact) mass is 302 g/mol. The van der Waals surface area contributed by atoms with E-state index in [9.17, 15) is 9.59 Å². The average Bonchev–Trinajstić information content (AvgIpc) is 2.78. The molecule has 0 radical (unpaired) electrons. The van der Waals surface area contributed by atoms with Gasteiger partial charge in [-0.1, -0.05) is 11.6 Å². The summed E-state index contributed by atoms with van der Waals surface area (Å²) < 4.78 is 0. The van der Waals surface area contributed by atoms with E-state index in [-0.39, 0.29) is 23.9 Å². The van der Waals surface area contributed by atoms with E-state index < -0.39 is 0 Å². The van der Waals surface area contributed by atoms with E-state index in [1.54, 1.807) is 7.05 Å². The topological polar surface area (TPSA) is 78.1 Å². The molecule has 0 aliphatic rings. The van der Waals surface area contributed by atoms with Crippen LogP contribution in [0.2, 0.25) is 0 Å². The summed E-state index contributed by atoms with van der Waals surface area (Å²) >= 11 is 0. The minimum Gasteiger partial charge on any atom is -0.350 e. The molecule has 6 nitrogen and oxygen atoms in total. The molecule has 6 heteroatoms. The summed E-state index contributed by atoms with van der Waals surface area (Å²) in [5.74, 6) is -0.472. The first-order valence-corrected chi connectivity index (χ1v) is 7.18. The van der Waals surface area contributed by atoms with Crippen LogP contribution in [0.4, 0.5) is 0 Å². The Morgan fingerprint density at radius 2 is 2.00 bits per heavy atom. The summed E-state index contributed by atoms with van der Waals surface area (Å²) in [6.45, 7) is 7.65. The van der Waals surface area contributed by atoms with Gasteiger partial charge in [0.1, 0.15) is 0 Å². The molecule has 1 aromatic heterocycles. The third-order valence-corrected chi connectivity index (χ3v) is 3.16. The molecule has 1 aromatic carbocycles. The van der Waals surface area contributed by atoms with Crippen molar-refractivity contribution in [3.63, 3.8) is 0 Å². The van der Waals surface area contributed by atoms with Gasteiger partial charge in [0.2, 0.25) is 5.91 Å². The van der Waals surface area contributed by atoms with Gasteiger partial charge in [0.15, 0.2) is 5.69 Å². The summed E-state index contributed by atoms with van der Waals surface area (Å²) in [6.07, 6.45) is 0. The standard InChI is InChI=1S/C16H22N4O2/c1-10-6-7-12-11(8-10)14(19-18-12)15(22)20(5)9-13(21)17-16(2,3)4/h6-8H,9H2,1-5H3,(H,17,21)(H,18,19). The number of nitrogens with one attached hydrogen (secondary N) is 2. The van der Waals surface area contributed by atoms with Gasteiger partial charge in [0.05, 0.1) is 12.1 Å². The van der Waals surface area contributed by atoms with Crippen LogP contribution in [0, 0.1) is 6.92 Å². The Bertz CT molecular complexity index is 712. The summed E-state index contributed by atoms with van der Waals surface area (Å²) in [4.78, 5) is 25.8. The average molecular weight is 302 g/mol. The van der Waals surface area contributed by atoms with Gasteiger partial charge >= 0.3 is 0 Å². The molecule has 2 aromatic rings. The number of likely N-dealkylation sites (N-methyl/N-ethyl adjacent to an activating group) is 1. The van der Waals surface area contributed by atoms with Crippen LogP contribution in [0.5, 0.6) is 0 Å². The van der Waals surface area contributed by atoms with Crippen molar-refractivity contribution in [1.29, 1.82) is 0 Å². The lowest BCUT2D eigenvalue weighted by atomic mass is 10.1. The molecule has 0 atom stereocenters. The molecular formula is C16H22N4O2. The van der Waals surface area contributed by atoms with Crippen molar-refractivity contribution in [2.45, 2.75) is 33.2 Å². The minimum atomic E-state index is -0.322. The SMILES string of the molecule is Cc1ccc2[nH]nc(C(=O)N(C)CC(=O)NC(C)(C)C)c2c1. The first-order valence-electron chi connectivity index (χ1n) is 7.18. The normalized spacial score (nSPS) is 11.5. The highest BCUT2D eigenvalue weighted by molar-refractivity contribution is 6.05. The summed E-state index contributed by atoms with van der Waals surface area (Å²) in [5.41, 5.74) is 1.87. The van der Waals surface area contributed by atoms with Gasteiger partial charge in [-0.05, 0) is 39.8 Å². The zero-order chi connectivity index (χ0) is 16.5. The predicted octanol–water partition coefficient (Wildman–Crippen LogP) is 1.86. The number of hydrogen-bond donors (Lipinski definition) is 2. The first-order chi connectivity index (χ1) is 10.2. The number of fused-ring (bicyclic) bond motifs is 1. The molecule has 0 saturated heterocycles. The number of H-pyrrole nitrogens is 1. The molecule has 1 heterocycles. The van der Waals surface area contributed by atoms with E-state index in [4.69, 9.17) is 0 Å². The van der Waals surface area contributed by atoms with Gasteiger partial charge < -0.3 is 10.2 Å². The van der Waals surface area contributed by atoms with Gasteiger partial charge in [0.25, 0.3) is 5.91 Å². The molecule has 2 N–H and O–H groups in total. The van der Waals surface area contributed by atoms with Crippen molar-refractivity contribution in [2.24, 2.45) is 0 Å². The molecule has 0 spiro atoms. The Balaban J connectivity index is 2.16. The fourth-order valence-electron chi connectivity index (χ4n) is 2.22. The second kappa shape index (κ2) is 5.79. The van der Waals surface area contributed by atoms with Crippen LogP contribution in [0.3, 0.4) is 0 Å². The number of benzene rings is 1. The zero-order valence-electron chi connectivity index (χ0n) is 13.7. The zero-order valence-corrected chi connectivity index (χ0v) is 13.7. The van der Waals surface area contributed by atoms with Crippen LogP contribution in [-0.4, -0.2) is 46.0 Å². The van der Waals surface area contributed by atoms with Crippen molar-refractivity contribution < 1.29 is 9.59 Å². The maximum Gasteiger partial charge on any atom is 0.275 e. The molecular weight excluding hydrogens is 280 g/mol. The van der Waals surface area contributed by atoms with E-state index >= 15 is 0 Å². The van der Waals surface area contributed by atoms with Gasteiger partial charge in [-0.25, -0.2) is 0 Å².